The maximum Gasteiger partial charge on any atom is 0.416 e. The Morgan fingerprint density at radius 1 is 1.03 bits per heavy atom. The second-order valence-corrected chi connectivity index (χ2v) is 6.19. The van der Waals surface area contributed by atoms with Crippen LogP contribution in [0.25, 0.3) is 11.1 Å². The molecule has 0 atom stereocenters. The number of aliphatic hydroxyl groups is 2. The first kappa shape index (κ1) is 22.6. The number of carbonyl (C=O) groups is 1. The van der Waals surface area contributed by atoms with Gasteiger partial charge >= 0.3 is 12.1 Å². The highest BCUT2D eigenvalue weighted by Crippen LogP contribution is 2.40. The molecule has 2 rings (SSSR count). The molecule has 0 unspecified atom stereocenters. The maximum absolute atomic E-state index is 14.0. The zero-order valence-corrected chi connectivity index (χ0v) is 15.3. The number of methoxy groups -OCH3 is 1. The van der Waals surface area contributed by atoms with Crippen LogP contribution in [0.4, 0.5) is 22.0 Å². The fraction of sp³-hybridized carbons (Fsp3) is 0.316. The zero-order chi connectivity index (χ0) is 22.0. The predicted molar refractivity (Wildman–Crippen MR) is 93.1 cm³/mol. The summed E-state index contributed by atoms with van der Waals surface area (Å²) >= 11 is 0. The van der Waals surface area contributed by atoms with E-state index in [4.69, 9.17) is 14.9 Å². The molecule has 0 bridgehead atoms. The Morgan fingerprint density at radius 3 is 2.17 bits per heavy atom. The van der Waals surface area contributed by atoms with Gasteiger partial charge in [-0.2, -0.15) is 22.0 Å². The molecule has 5 nitrogen and oxygen atoms in total. The van der Waals surface area contributed by atoms with E-state index in [1.165, 1.54) is 14.0 Å². The van der Waals surface area contributed by atoms with Crippen molar-refractivity contribution in [3.63, 3.8) is 0 Å². The molecule has 0 aromatic heterocycles. The van der Waals surface area contributed by atoms with E-state index in [-0.39, 0.29) is 29.0 Å². The van der Waals surface area contributed by atoms with Crippen molar-refractivity contribution >= 4 is 5.91 Å². The number of rotatable bonds is 6. The highest BCUT2D eigenvalue weighted by atomic mass is 19.4. The molecule has 1 amide bonds. The van der Waals surface area contributed by atoms with Crippen LogP contribution in [-0.2, 0) is 23.4 Å². The summed E-state index contributed by atoms with van der Waals surface area (Å²) < 4.78 is 72.5. The van der Waals surface area contributed by atoms with Gasteiger partial charge in [0, 0.05) is 24.6 Å². The molecule has 2 aromatic carbocycles. The number of halogens is 5. The molecule has 3 N–H and O–H groups in total. The largest absolute Gasteiger partial charge is 0.496 e. The Balaban J connectivity index is 2.69. The van der Waals surface area contributed by atoms with Gasteiger partial charge in [-0.3, -0.25) is 4.79 Å². The maximum atomic E-state index is 14.0. The molecule has 0 saturated heterocycles. The molecule has 29 heavy (non-hydrogen) atoms. The van der Waals surface area contributed by atoms with E-state index in [2.05, 4.69) is 5.32 Å². The summed E-state index contributed by atoms with van der Waals surface area (Å²) in [4.78, 5) is 11.2. The Bertz CT molecular complexity index is 897. The molecule has 158 valence electrons. The normalized spacial score (nSPS) is 12.2. The number of nitrogens with one attached hydrogen (secondary N) is 1. The van der Waals surface area contributed by atoms with Crippen molar-refractivity contribution in [2.75, 3.05) is 7.11 Å². The SMILES string of the molecule is COc1ccc(C(F)(F)C(O)O)cc1-c1ccc(C(F)(F)F)cc1CNC(C)=O. The lowest BCUT2D eigenvalue weighted by Crippen LogP contribution is -2.30. The van der Waals surface area contributed by atoms with Crippen LogP contribution in [0.15, 0.2) is 36.4 Å². The van der Waals surface area contributed by atoms with Gasteiger partial charge in [-0.1, -0.05) is 6.07 Å². The second-order valence-electron chi connectivity index (χ2n) is 6.19. The topological polar surface area (TPSA) is 78.8 Å². The van der Waals surface area contributed by atoms with E-state index >= 15 is 0 Å². The molecule has 0 spiro atoms. The van der Waals surface area contributed by atoms with Gasteiger partial charge in [-0.15, -0.1) is 0 Å². The van der Waals surface area contributed by atoms with Gasteiger partial charge in [0.2, 0.25) is 12.2 Å². The zero-order valence-electron chi connectivity index (χ0n) is 15.3. The molecule has 0 heterocycles. The second kappa shape index (κ2) is 8.34. The highest BCUT2D eigenvalue weighted by molar-refractivity contribution is 5.76. The fourth-order valence-corrected chi connectivity index (χ4v) is 2.67. The van der Waals surface area contributed by atoms with Crippen LogP contribution in [0.3, 0.4) is 0 Å². The smallest absolute Gasteiger partial charge is 0.416 e. The first-order chi connectivity index (χ1) is 13.4. The van der Waals surface area contributed by atoms with E-state index in [1.54, 1.807) is 0 Å². The van der Waals surface area contributed by atoms with Gasteiger partial charge in [0.15, 0.2) is 0 Å². The van der Waals surface area contributed by atoms with E-state index < -0.39 is 35.4 Å². The summed E-state index contributed by atoms with van der Waals surface area (Å²) in [5.74, 6) is -4.45. The number of hydrogen-bond acceptors (Lipinski definition) is 4. The summed E-state index contributed by atoms with van der Waals surface area (Å²) in [5, 5.41) is 20.3. The van der Waals surface area contributed by atoms with E-state index in [0.717, 1.165) is 36.4 Å². The summed E-state index contributed by atoms with van der Waals surface area (Å²) in [7, 11) is 1.25. The van der Waals surface area contributed by atoms with Crippen molar-refractivity contribution in [2.45, 2.75) is 31.9 Å². The number of amides is 1. The minimum absolute atomic E-state index is 0.000554. The Kier molecular flexibility index (Phi) is 6.49. The average molecular weight is 419 g/mol. The van der Waals surface area contributed by atoms with E-state index in [1.807, 2.05) is 0 Å². The molecule has 0 aliphatic carbocycles. The van der Waals surface area contributed by atoms with Crippen LogP contribution >= 0.6 is 0 Å². The van der Waals surface area contributed by atoms with Crippen molar-refractivity contribution in [1.82, 2.24) is 5.32 Å². The lowest BCUT2D eigenvalue weighted by Gasteiger charge is -2.21. The quantitative estimate of drug-likeness (QED) is 0.495. The van der Waals surface area contributed by atoms with Gasteiger partial charge in [-0.25, -0.2) is 0 Å². The number of hydrogen-bond donors (Lipinski definition) is 3. The fourth-order valence-electron chi connectivity index (χ4n) is 2.67. The van der Waals surface area contributed by atoms with Gasteiger partial charge in [0.25, 0.3) is 0 Å². The Labute approximate surface area is 162 Å². The first-order valence-corrected chi connectivity index (χ1v) is 8.25. The summed E-state index contributed by atoms with van der Waals surface area (Å²) in [6.07, 6.45) is -7.63. The monoisotopic (exact) mass is 419 g/mol. The van der Waals surface area contributed by atoms with Crippen LogP contribution in [0.5, 0.6) is 5.75 Å². The van der Waals surface area contributed by atoms with Crippen molar-refractivity contribution in [3.05, 3.63) is 53.1 Å². The van der Waals surface area contributed by atoms with Crippen LogP contribution < -0.4 is 10.1 Å². The van der Waals surface area contributed by atoms with E-state index in [9.17, 15) is 26.7 Å². The Morgan fingerprint density at radius 2 is 1.66 bits per heavy atom. The molecule has 0 aliphatic heterocycles. The lowest BCUT2D eigenvalue weighted by molar-refractivity contribution is -0.214. The average Bonchev–Trinajstić information content (AvgIpc) is 2.64. The van der Waals surface area contributed by atoms with Crippen molar-refractivity contribution in [3.8, 4) is 16.9 Å². The van der Waals surface area contributed by atoms with Gasteiger partial charge < -0.3 is 20.3 Å². The number of benzene rings is 2. The molecule has 0 saturated carbocycles. The third-order valence-corrected chi connectivity index (χ3v) is 4.16. The number of ether oxygens (including phenoxy) is 1. The summed E-state index contributed by atoms with van der Waals surface area (Å²) in [6, 6.07) is 5.61. The molecule has 0 aliphatic rings. The molecule has 0 fully saturated rings. The molecule has 2 aromatic rings. The van der Waals surface area contributed by atoms with Crippen molar-refractivity contribution < 1.29 is 41.7 Å². The number of alkyl halides is 5. The minimum Gasteiger partial charge on any atom is -0.496 e. The predicted octanol–water partition coefficient (Wildman–Crippen LogP) is 3.42. The van der Waals surface area contributed by atoms with Crippen LogP contribution in [-0.4, -0.2) is 29.5 Å². The van der Waals surface area contributed by atoms with Crippen molar-refractivity contribution in [1.29, 1.82) is 0 Å². The third kappa shape index (κ3) is 5.01. The van der Waals surface area contributed by atoms with Gasteiger partial charge in [0.1, 0.15) is 5.75 Å². The van der Waals surface area contributed by atoms with E-state index in [0.29, 0.717) is 0 Å². The summed E-state index contributed by atoms with van der Waals surface area (Å²) in [5.41, 5.74) is -1.63. The molecular weight excluding hydrogens is 401 g/mol. The number of carbonyl (C=O) groups excluding carboxylic acids is 1. The van der Waals surface area contributed by atoms with Crippen LogP contribution in [0.1, 0.15) is 23.6 Å². The minimum atomic E-state index is -4.65. The molecule has 0 radical (unpaired) electrons. The van der Waals surface area contributed by atoms with Gasteiger partial charge in [0.05, 0.1) is 12.7 Å². The third-order valence-electron chi connectivity index (χ3n) is 4.16. The first-order valence-electron chi connectivity index (χ1n) is 8.25. The lowest BCUT2D eigenvalue weighted by atomic mass is 9.93. The standard InChI is InChI=1S/C19H18F5NO4/c1-10(26)25-9-11-7-13(19(22,23)24)3-5-14(11)15-8-12(4-6-16(15)29-2)18(20,21)17(27)28/h3-8,17,27-28H,9H2,1-2H3,(H,25,26). The molecular formula is C19H18F5NO4. The Hall–Kier alpha value is -2.72. The van der Waals surface area contributed by atoms with Crippen LogP contribution in [0, 0.1) is 0 Å². The number of aliphatic hydroxyl groups excluding tert-OH is 1. The highest BCUT2D eigenvalue weighted by Gasteiger charge is 2.40. The molecule has 10 heteroatoms. The van der Waals surface area contributed by atoms with Gasteiger partial charge in [-0.05, 0) is 41.5 Å². The summed E-state index contributed by atoms with van der Waals surface area (Å²) in [6.45, 7) is 0.888. The van der Waals surface area contributed by atoms with Crippen molar-refractivity contribution in [2.24, 2.45) is 0 Å². The van der Waals surface area contributed by atoms with Crippen LogP contribution in [0.2, 0.25) is 0 Å².